The number of para-hydroxylation sites is 1. The number of nitrogens with zero attached hydrogens (tertiary/aromatic N) is 1. The first kappa shape index (κ1) is 12.7. The van der Waals surface area contributed by atoms with Crippen LogP contribution >= 0.6 is 11.6 Å². The van der Waals surface area contributed by atoms with E-state index in [0.29, 0.717) is 18.0 Å². The van der Waals surface area contributed by atoms with Crippen LogP contribution in [-0.2, 0) is 0 Å². The van der Waals surface area contributed by atoms with Crippen LogP contribution in [0.4, 0.5) is 5.69 Å². The standard InChI is InChI=1S/C14H21ClN2/c1-10-11(2)17(9-8-13(10)16-3)14-7-5-4-6-12(14)15/h4-7,10-11,13,16H,8-9H2,1-3H3. The minimum Gasteiger partial charge on any atom is -0.367 e. The lowest BCUT2D eigenvalue weighted by atomic mass is 9.87. The summed E-state index contributed by atoms with van der Waals surface area (Å²) in [5.41, 5.74) is 1.17. The van der Waals surface area contributed by atoms with Crippen molar-refractivity contribution in [3.05, 3.63) is 29.3 Å². The lowest BCUT2D eigenvalue weighted by Crippen LogP contribution is -2.52. The summed E-state index contributed by atoms with van der Waals surface area (Å²) in [6, 6.07) is 9.26. The van der Waals surface area contributed by atoms with Crippen LogP contribution in [0.3, 0.4) is 0 Å². The van der Waals surface area contributed by atoms with E-state index in [4.69, 9.17) is 11.6 Å². The fourth-order valence-corrected chi connectivity index (χ4v) is 3.04. The van der Waals surface area contributed by atoms with E-state index in [1.54, 1.807) is 0 Å². The molecule has 0 aliphatic carbocycles. The van der Waals surface area contributed by atoms with Gasteiger partial charge in [-0.15, -0.1) is 0 Å². The van der Waals surface area contributed by atoms with Crippen LogP contribution in [0.1, 0.15) is 20.3 Å². The number of hydrogen-bond donors (Lipinski definition) is 1. The maximum Gasteiger partial charge on any atom is 0.0639 e. The summed E-state index contributed by atoms with van der Waals surface area (Å²) >= 11 is 6.28. The molecule has 0 amide bonds. The van der Waals surface area contributed by atoms with Gasteiger partial charge in [0.2, 0.25) is 0 Å². The second-order valence-corrected chi connectivity index (χ2v) is 5.34. The number of rotatable bonds is 2. The molecule has 3 heteroatoms. The lowest BCUT2D eigenvalue weighted by molar-refractivity contribution is 0.283. The molecule has 2 rings (SSSR count). The topological polar surface area (TPSA) is 15.3 Å². The Labute approximate surface area is 109 Å². The van der Waals surface area contributed by atoms with Crippen molar-refractivity contribution >= 4 is 17.3 Å². The summed E-state index contributed by atoms with van der Waals surface area (Å²) in [6.07, 6.45) is 1.17. The highest BCUT2D eigenvalue weighted by atomic mass is 35.5. The fourth-order valence-electron chi connectivity index (χ4n) is 2.80. The Balaban J connectivity index is 2.21. The van der Waals surface area contributed by atoms with Gasteiger partial charge in [-0.25, -0.2) is 0 Å². The van der Waals surface area contributed by atoms with Gasteiger partial charge in [0.1, 0.15) is 0 Å². The van der Waals surface area contributed by atoms with Crippen molar-refractivity contribution in [3.8, 4) is 0 Å². The summed E-state index contributed by atoms with van der Waals surface area (Å²) in [7, 11) is 2.05. The molecule has 1 N–H and O–H groups in total. The first-order valence-corrected chi connectivity index (χ1v) is 6.71. The van der Waals surface area contributed by atoms with Crippen LogP contribution < -0.4 is 10.2 Å². The molecule has 2 nitrogen and oxygen atoms in total. The van der Waals surface area contributed by atoms with Gasteiger partial charge in [0.25, 0.3) is 0 Å². The third-order valence-corrected chi connectivity index (χ3v) is 4.42. The largest absolute Gasteiger partial charge is 0.367 e. The monoisotopic (exact) mass is 252 g/mol. The van der Waals surface area contributed by atoms with Crippen molar-refractivity contribution in [1.82, 2.24) is 5.32 Å². The van der Waals surface area contributed by atoms with E-state index >= 15 is 0 Å². The highest BCUT2D eigenvalue weighted by molar-refractivity contribution is 6.33. The smallest absolute Gasteiger partial charge is 0.0639 e. The Kier molecular flexibility index (Phi) is 3.95. The minimum absolute atomic E-state index is 0.515. The highest BCUT2D eigenvalue weighted by Crippen LogP contribution is 2.33. The van der Waals surface area contributed by atoms with Crippen molar-refractivity contribution in [2.75, 3.05) is 18.5 Å². The van der Waals surface area contributed by atoms with E-state index in [1.165, 1.54) is 12.1 Å². The van der Waals surface area contributed by atoms with Gasteiger partial charge < -0.3 is 10.2 Å². The third-order valence-electron chi connectivity index (χ3n) is 4.10. The van der Waals surface area contributed by atoms with Crippen molar-refractivity contribution in [1.29, 1.82) is 0 Å². The van der Waals surface area contributed by atoms with Crippen LogP contribution in [0.2, 0.25) is 5.02 Å². The molecule has 1 aromatic rings. The number of benzene rings is 1. The Morgan fingerprint density at radius 3 is 2.65 bits per heavy atom. The molecule has 0 radical (unpaired) electrons. The normalized spacial score (nSPS) is 29.4. The average Bonchev–Trinajstić information content (AvgIpc) is 2.34. The van der Waals surface area contributed by atoms with Crippen LogP contribution in [0.15, 0.2) is 24.3 Å². The molecule has 0 bridgehead atoms. The third kappa shape index (κ3) is 2.43. The molecule has 1 aliphatic heterocycles. The predicted octanol–water partition coefficient (Wildman–Crippen LogP) is 3.16. The summed E-state index contributed by atoms with van der Waals surface area (Å²) in [5.74, 6) is 0.630. The zero-order valence-electron chi connectivity index (χ0n) is 10.8. The SMILES string of the molecule is CNC1CCN(c2ccccc2Cl)C(C)C1C. The number of piperidine rings is 1. The molecule has 3 atom stereocenters. The van der Waals surface area contributed by atoms with E-state index in [1.807, 2.05) is 12.1 Å². The Hall–Kier alpha value is -0.730. The highest BCUT2D eigenvalue weighted by Gasteiger charge is 2.32. The molecule has 0 aromatic heterocycles. The first-order chi connectivity index (χ1) is 8.15. The van der Waals surface area contributed by atoms with E-state index < -0.39 is 0 Å². The summed E-state index contributed by atoms with van der Waals surface area (Å²) < 4.78 is 0. The minimum atomic E-state index is 0.515. The van der Waals surface area contributed by atoms with E-state index in [0.717, 1.165) is 11.6 Å². The number of hydrogen-bond acceptors (Lipinski definition) is 2. The molecule has 1 heterocycles. The Morgan fingerprint density at radius 2 is 2.00 bits per heavy atom. The van der Waals surface area contributed by atoms with E-state index in [-0.39, 0.29) is 0 Å². The molecular weight excluding hydrogens is 232 g/mol. The van der Waals surface area contributed by atoms with Crippen molar-refractivity contribution in [3.63, 3.8) is 0 Å². The molecule has 17 heavy (non-hydrogen) atoms. The molecule has 0 saturated carbocycles. The van der Waals surface area contributed by atoms with Crippen LogP contribution in [0.5, 0.6) is 0 Å². The zero-order valence-corrected chi connectivity index (χ0v) is 11.5. The fraction of sp³-hybridized carbons (Fsp3) is 0.571. The van der Waals surface area contributed by atoms with Gasteiger partial charge in [0.05, 0.1) is 10.7 Å². The van der Waals surface area contributed by atoms with Gasteiger partial charge in [-0.05, 0) is 38.4 Å². The van der Waals surface area contributed by atoms with Gasteiger partial charge in [-0.3, -0.25) is 0 Å². The predicted molar refractivity (Wildman–Crippen MR) is 74.9 cm³/mol. The average molecular weight is 253 g/mol. The van der Waals surface area contributed by atoms with Gasteiger partial charge in [0.15, 0.2) is 0 Å². The van der Waals surface area contributed by atoms with E-state index in [2.05, 4.69) is 43.2 Å². The number of halogens is 1. The molecule has 3 unspecified atom stereocenters. The maximum absolute atomic E-state index is 6.28. The van der Waals surface area contributed by atoms with Gasteiger partial charge in [0, 0.05) is 18.6 Å². The Morgan fingerprint density at radius 1 is 1.29 bits per heavy atom. The second-order valence-electron chi connectivity index (χ2n) is 4.93. The molecule has 1 aliphatic rings. The molecule has 0 spiro atoms. The summed E-state index contributed by atoms with van der Waals surface area (Å²) in [6.45, 7) is 5.67. The maximum atomic E-state index is 6.28. The van der Waals surface area contributed by atoms with E-state index in [9.17, 15) is 0 Å². The van der Waals surface area contributed by atoms with Crippen molar-refractivity contribution in [2.24, 2.45) is 5.92 Å². The number of anilines is 1. The second kappa shape index (κ2) is 5.28. The summed E-state index contributed by atoms with van der Waals surface area (Å²) in [4.78, 5) is 2.43. The number of nitrogens with one attached hydrogen (secondary N) is 1. The van der Waals surface area contributed by atoms with Gasteiger partial charge in [-0.2, -0.15) is 0 Å². The van der Waals surface area contributed by atoms with Crippen LogP contribution in [0.25, 0.3) is 0 Å². The van der Waals surface area contributed by atoms with Gasteiger partial charge >= 0.3 is 0 Å². The molecular formula is C14H21ClN2. The van der Waals surface area contributed by atoms with Crippen molar-refractivity contribution in [2.45, 2.75) is 32.4 Å². The zero-order chi connectivity index (χ0) is 12.4. The molecule has 1 aromatic carbocycles. The van der Waals surface area contributed by atoms with Gasteiger partial charge in [-0.1, -0.05) is 30.7 Å². The van der Waals surface area contributed by atoms with Crippen LogP contribution in [0, 0.1) is 5.92 Å². The quantitative estimate of drug-likeness (QED) is 0.870. The molecule has 1 fully saturated rings. The summed E-state index contributed by atoms with van der Waals surface area (Å²) in [5, 5.41) is 4.27. The first-order valence-electron chi connectivity index (χ1n) is 6.33. The van der Waals surface area contributed by atoms with Crippen molar-refractivity contribution < 1.29 is 0 Å². The Bertz CT molecular complexity index is 380. The van der Waals surface area contributed by atoms with Crippen LogP contribution in [-0.4, -0.2) is 25.7 Å². The molecule has 94 valence electrons. The molecule has 1 saturated heterocycles. The lowest BCUT2D eigenvalue weighted by Gasteiger charge is -2.44.